The number of benzene rings is 4. The van der Waals surface area contributed by atoms with Crippen LogP contribution in [-0.4, -0.2) is 306 Å². The smallest absolute Gasteiger partial charge is 0.246 e. The molecule has 36 heteroatoms. The van der Waals surface area contributed by atoms with Crippen LogP contribution in [-0.2, 0) is 60.7 Å². The van der Waals surface area contributed by atoms with Gasteiger partial charge < -0.3 is 147 Å². The minimum absolute atomic E-state index is 0.0404. The Balaban J connectivity index is 0.940. The van der Waals surface area contributed by atoms with Crippen molar-refractivity contribution in [2.24, 2.45) is 5.73 Å². The van der Waals surface area contributed by atoms with Crippen molar-refractivity contribution in [3.05, 3.63) is 108 Å². The first-order chi connectivity index (χ1) is 47.8. The molecule has 547 valence electrons. The molecule has 5 heterocycles. The highest BCUT2D eigenvalue weighted by atomic mass is 16.7. The number of ether oxygens (including phenoxy) is 7. The number of aliphatic hydroxyl groups is 13. The highest BCUT2D eigenvalue weighted by Crippen LogP contribution is 2.34. The SMILES string of the molecule is COc1ccc2cc(COC3C(OC4C(CO)OC(Oc5ccc(C[C@H](NC(=O)[C@@H](N)C(C)c6ccccc6)C(=O)N[C@H](C(=O)N[C@H](C(=O)N[C@H]([C]=O)CO)C(O)C6CNC(=N)N6C6OC(CO)C(O)C(O)C6O)C(O)C6CNC(=N)N6)cc5)C(O)C4O)OC(CO)C(O)C3O)ccc2c1. The summed E-state index contributed by atoms with van der Waals surface area (Å²) in [6, 6.07) is 12.8. The first-order valence-electron chi connectivity index (χ1n) is 32.0. The van der Waals surface area contributed by atoms with E-state index in [1.165, 1.54) is 30.6 Å². The summed E-state index contributed by atoms with van der Waals surface area (Å²) >= 11 is 0. The van der Waals surface area contributed by atoms with Crippen LogP contribution in [0.4, 0.5) is 0 Å². The largest absolute Gasteiger partial charge is 0.497 e. The van der Waals surface area contributed by atoms with Crippen LogP contribution in [0.3, 0.4) is 0 Å². The Morgan fingerprint density at radius 2 is 1.25 bits per heavy atom. The van der Waals surface area contributed by atoms with Crippen LogP contribution < -0.4 is 52.4 Å². The molecule has 0 aliphatic carbocycles. The average Bonchev–Trinajstić information content (AvgIpc) is 1.35. The van der Waals surface area contributed by atoms with Crippen molar-refractivity contribution in [1.82, 2.24) is 42.1 Å². The zero-order valence-electron chi connectivity index (χ0n) is 54.0. The Morgan fingerprint density at radius 3 is 1.90 bits per heavy atom. The first-order valence-corrected chi connectivity index (χ1v) is 32.0. The second kappa shape index (κ2) is 34.2. The van der Waals surface area contributed by atoms with Crippen LogP contribution in [0, 0.1) is 10.8 Å². The fraction of sp³-hybridized carbons (Fsp3) is 0.547. The van der Waals surface area contributed by atoms with E-state index in [4.69, 9.17) is 49.7 Å². The van der Waals surface area contributed by atoms with Crippen molar-refractivity contribution < 1.29 is 124 Å². The molecule has 4 aromatic carbocycles. The molecule has 100 heavy (non-hydrogen) atoms. The van der Waals surface area contributed by atoms with Gasteiger partial charge in [-0.1, -0.05) is 67.6 Å². The van der Waals surface area contributed by atoms with Gasteiger partial charge in [-0.25, -0.2) is 0 Å². The topological polar surface area (TPSA) is 574 Å². The Morgan fingerprint density at radius 1 is 0.650 bits per heavy atom. The highest BCUT2D eigenvalue weighted by molar-refractivity contribution is 5.96. The third-order valence-electron chi connectivity index (χ3n) is 18.3. The van der Waals surface area contributed by atoms with Gasteiger partial charge in [-0.2, -0.15) is 0 Å². The maximum Gasteiger partial charge on any atom is 0.246 e. The summed E-state index contributed by atoms with van der Waals surface area (Å²) < 4.78 is 40.9. The van der Waals surface area contributed by atoms with Gasteiger partial charge >= 0.3 is 0 Å². The quantitative estimate of drug-likeness (QED) is 0.0230. The summed E-state index contributed by atoms with van der Waals surface area (Å²) in [6.07, 6.45) is -29.3. The van der Waals surface area contributed by atoms with Gasteiger partial charge in [0.05, 0.1) is 58.3 Å². The molecule has 36 nitrogen and oxygen atoms in total. The highest BCUT2D eigenvalue weighted by Gasteiger charge is 2.55. The fourth-order valence-corrected chi connectivity index (χ4v) is 12.4. The summed E-state index contributed by atoms with van der Waals surface area (Å²) in [7, 11) is 1.54. The average molecular weight is 1410 g/mol. The molecule has 0 bridgehead atoms. The summed E-state index contributed by atoms with van der Waals surface area (Å²) in [5.74, 6) is -5.89. The third kappa shape index (κ3) is 17.3. The lowest BCUT2D eigenvalue weighted by Crippen LogP contribution is -2.69. The number of guanidine groups is 2. The Bertz CT molecular complexity index is 3440. The number of methoxy groups -OCH3 is 1. The van der Waals surface area contributed by atoms with E-state index in [2.05, 4.69) is 37.2 Å². The molecule has 0 saturated carbocycles. The van der Waals surface area contributed by atoms with Gasteiger partial charge in [0.25, 0.3) is 0 Å². The Labute approximate surface area is 571 Å². The van der Waals surface area contributed by atoms with Crippen molar-refractivity contribution in [2.45, 2.75) is 172 Å². The summed E-state index contributed by atoms with van der Waals surface area (Å²) in [5, 5.41) is 178. The van der Waals surface area contributed by atoms with Gasteiger partial charge in [0.1, 0.15) is 121 Å². The number of carbonyl (C=O) groups is 4. The van der Waals surface area contributed by atoms with E-state index in [1.54, 1.807) is 56.5 Å². The predicted molar refractivity (Wildman–Crippen MR) is 343 cm³/mol. The minimum Gasteiger partial charge on any atom is -0.497 e. The monoisotopic (exact) mass is 1410 g/mol. The number of fused-ring (bicyclic) bond motifs is 1. The molecule has 5 fully saturated rings. The summed E-state index contributed by atoms with van der Waals surface area (Å²) in [4.78, 5) is 71.1. The van der Waals surface area contributed by atoms with E-state index in [-0.39, 0.29) is 30.4 Å². The van der Waals surface area contributed by atoms with Gasteiger partial charge in [-0.3, -0.25) is 34.8 Å². The zero-order valence-corrected chi connectivity index (χ0v) is 54.0. The zero-order chi connectivity index (χ0) is 72.4. The van der Waals surface area contributed by atoms with Crippen LogP contribution in [0.2, 0.25) is 0 Å². The van der Waals surface area contributed by atoms with Crippen LogP contribution >= 0.6 is 0 Å². The first kappa shape index (κ1) is 76.3. The van der Waals surface area contributed by atoms with E-state index < -0.39 is 221 Å². The molecule has 5 aliphatic rings. The molecule has 20 unspecified atom stereocenters. The number of hydrogen-bond acceptors (Lipinski definition) is 28. The third-order valence-corrected chi connectivity index (χ3v) is 18.3. The Kier molecular flexibility index (Phi) is 26.0. The lowest BCUT2D eigenvalue weighted by Gasteiger charge is -2.46. The molecule has 9 rings (SSSR count). The number of nitrogens with zero attached hydrogens (tertiary/aromatic N) is 1. The summed E-state index contributed by atoms with van der Waals surface area (Å²) in [5.41, 5.74) is 8.07. The molecule has 0 aromatic heterocycles. The van der Waals surface area contributed by atoms with E-state index in [9.17, 15) is 85.6 Å². The number of rotatable bonds is 30. The molecule has 25 atom stereocenters. The van der Waals surface area contributed by atoms with Crippen molar-refractivity contribution in [2.75, 3.05) is 46.6 Å². The maximum atomic E-state index is 15.0. The van der Waals surface area contributed by atoms with Gasteiger partial charge in [-0.05, 0) is 57.8 Å². The van der Waals surface area contributed by atoms with Crippen LogP contribution in [0.25, 0.3) is 10.8 Å². The second-order valence-electron chi connectivity index (χ2n) is 24.8. The van der Waals surface area contributed by atoms with E-state index in [0.717, 1.165) is 15.7 Å². The van der Waals surface area contributed by atoms with Crippen LogP contribution in [0.5, 0.6) is 11.5 Å². The van der Waals surface area contributed by atoms with Crippen molar-refractivity contribution in [1.29, 1.82) is 10.8 Å². The van der Waals surface area contributed by atoms with E-state index >= 15 is 4.79 Å². The normalized spacial score (nSPS) is 30.8. The molecular formula is C64H86N11O25. The number of amides is 4. The molecule has 4 aromatic rings. The fourth-order valence-electron chi connectivity index (χ4n) is 12.4. The summed E-state index contributed by atoms with van der Waals surface area (Å²) in [6.45, 7) is -2.78. The number of nitrogens with one attached hydrogen (secondary N) is 9. The van der Waals surface area contributed by atoms with Gasteiger partial charge in [-0.15, -0.1) is 0 Å². The number of aliphatic hydroxyl groups excluding tert-OH is 13. The molecule has 4 amide bonds. The standard InChI is InChI=1S/C64H86N11O25/c1-27(30-6-4-3-5-7-30)42(65)57(91)71-36(56(90)73-43(45(81)37-19-68-63(66)72-37)59(93)74-44(58(92)70-33(21-76)22-77)46(82)38-20-69-64(67)75(38)60-52(88)49(85)47(83)39(23-78)97-60)17-28-9-13-34(14-10-28)96-61-53(89)51(87)54(41(25-80)99-61)100-62-55(50(86)48(84)40(24-79)98-62)95-26-29-8-11-32-18-35(94-2)15-12-31(32)16-29/h3-16,18,27,33,36-55,60-62,76,78-89H,17,19-21,23-26,65H2,1-2H3,(H2,67,69)(H,70,92)(H,71,91)(H,73,90)(H,74,93)(H3,66,68,72)/t27?,33-,36-,37?,38?,39?,40?,41?,42-,43-,44-,45?,46?,47?,48?,49?,50?,51?,52?,53?,54?,55?,60?,61?,62?/m0/s1. The second-order valence-corrected chi connectivity index (χ2v) is 24.8. The maximum absolute atomic E-state index is 15.0. The lowest BCUT2D eigenvalue weighted by atomic mass is 9.93. The lowest BCUT2D eigenvalue weighted by molar-refractivity contribution is -0.357. The van der Waals surface area contributed by atoms with Crippen molar-refractivity contribution in [3.63, 3.8) is 0 Å². The van der Waals surface area contributed by atoms with E-state index in [1.807, 2.05) is 24.3 Å². The Hall–Kier alpha value is -7.93. The molecule has 24 N–H and O–H groups in total. The number of hydrogen-bond donors (Lipinski definition) is 23. The molecule has 5 aliphatic heterocycles. The molecule has 1 radical (unpaired) electrons. The molecule has 0 spiro atoms. The predicted octanol–water partition coefficient (Wildman–Crippen LogP) is -8.98. The number of nitrogens with two attached hydrogens (primary N) is 1. The van der Waals surface area contributed by atoms with Gasteiger partial charge in [0.2, 0.25) is 36.2 Å². The van der Waals surface area contributed by atoms with Crippen LogP contribution in [0.15, 0.2) is 91.0 Å². The van der Waals surface area contributed by atoms with E-state index in [0.29, 0.717) is 16.9 Å². The van der Waals surface area contributed by atoms with Crippen molar-refractivity contribution in [3.8, 4) is 11.5 Å². The minimum atomic E-state index is -2.30. The van der Waals surface area contributed by atoms with Gasteiger partial charge in [0, 0.05) is 25.4 Å². The number of carbonyl (C=O) groups excluding carboxylic acids is 5. The van der Waals surface area contributed by atoms with Crippen molar-refractivity contribution >= 4 is 52.6 Å². The van der Waals surface area contributed by atoms with Crippen LogP contribution in [0.1, 0.15) is 29.5 Å². The van der Waals surface area contributed by atoms with Gasteiger partial charge in [0.15, 0.2) is 24.4 Å². The molecular weight excluding hydrogens is 1320 g/mol. The molecule has 5 saturated heterocycles.